The minimum atomic E-state index is -2.88. The molecule has 2 atom stereocenters. The average molecular weight is 519 g/mol. The van der Waals surface area contributed by atoms with Gasteiger partial charge in [-0.1, -0.05) is 97.8 Å². The molecule has 4 aromatic carbocycles. The largest absolute Gasteiger partial charge is 0.280 e. The normalized spacial score (nSPS) is 26.1. The van der Waals surface area contributed by atoms with Gasteiger partial charge in [0.25, 0.3) is 6.15 Å². The summed E-state index contributed by atoms with van der Waals surface area (Å²) in [6, 6.07) is 30.6. The van der Waals surface area contributed by atoms with Crippen LogP contribution in [0.25, 0.3) is 21.5 Å². The lowest BCUT2D eigenvalue weighted by Crippen LogP contribution is -2.39. The van der Waals surface area contributed by atoms with Crippen LogP contribution in [0.1, 0.15) is 36.8 Å². The molecule has 0 bridgehead atoms. The summed E-state index contributed by atoms with van der Waals surface area (Å²) in [6.45, 7) is 1.41. The van der Waals surface area contributed by atoms with Gasteiger partial charge >= 0.3 is 0 Å². The Morgan fingerprint density at radius 3 is 1.58 bits per heavy atom. The maximum atomic E-state index is 14.5. The molecule has 5 heteroatoms. The maximum Gasteiger partial charge on any atom is 0.280 e. The molecule has 4 aromatic rings. The zero-order chi connectivity index (χ0) is 22.4. The maximum absolute atomic E-state index is 14.5. The van der Waals surface area contributed by atoms with Gasteiger partial charge in [-0.2, -0.15) is 0 Å². The van der Waals surface area contributed by atoms with E-state index in [4.69, 9.17) is 0 Å². The van der Waals surface area contributed by atoms with E-state index in [2.05, 4.69) is 110 Å². The van der Waals surface area contributed by atoms with E-state index in [1.54, 1.807) is 0 Å². The monoisotopic (exact) mass is 518 g/mol. The molecule has 0 amide bonds. The molecule has 1 saturated carbocycles. The summed E-state index contributed by atoms with van der Waals surface area (Å²) in [5.41, 5.74) is 2.51. The fourth-order valence-electron chi connectivity index (χ4n) is 5.92. The Balaban J connectivity index is 1.38. The second-order valence-electron chi connectivity index (χ2n) is 9.36. The van der Waals surface area contributed by atoms with E-state index in [0.29, 0.717) is 25.2 Å². The molecule has 6 rings (SSSR count). The number of rotatable bonds is 4. The van der Waals surface area contributed by atoms with Crippen molar-refractivity contribution in [1.82, 2.24) is 9.34 Å². The summed E-state index contributed by atoms with van der Waals surface area (Å²) in [5, 5.41) is 5.00. The van der Waals surface area contributed by atoms with E-state index >= 15 is 0 Å². The summed E-state index contributed by atoms with van der Waals surface area (Å²) in [4.78, 5) is 0. The predicted octanol–water partition coefficient (Wildman–Crippen LogP) is 8.13. The first-order valence-electron chi connectivity index (χ1n) is 11.9. The summed E-state index contributed by atoms with van der Waals surface area (Å²) >= 11 is 3.82. The van der Waals surface area contributed by atoms with Crippen LogP contribution in [0, 0.1) is 0 Å². The Hall–Kier alpha value is -1.97. The van der Waals surface area contributed by atoms with Crippen molar-refractivity contribution in [2.45, 2.75) is 50.9 Å². The third-order valence-electron chi connectivity index (χ3n) is 7.52. The van der Waals surface area contributed by atoms with Gasteiger partial charge in [-0.3, -0.25) is 4.57 Å². The van der Waals surface area contributed by atoms with E-state index in [-0.39, 0.29) is 0 Å². The molecule has 2 fully saturated rings. The van der Waals surface area contributed by atoms with Gasteiger partial charge in [0, 0.05) is 40.7 Å². The zero-order valence-corrected chi connectivity index (χ0v) is 21.1. The number of fused-ring (bicyclic) bond motifs is 3. The molecular weight excluding hydrogens is 491 g/mol. The number of halogens is 1. The van der Waals surface area contributed by atoms with E-state index in [1.165, 1.54) is 45.5 Å². The molecule has 33 heavy (non-hydrogen) atoms. The second-order valence-corrected chi connectivity index (χ2v) is 14.1. The van der Waals surface area contributed by atoms with Crippen LogP contribution in [0.15, 0.2) is 84.9 Å². The molecule has 0 N–H and O–H groups in total. The highest BCUT2D eigenvalue weighted by Gasteiger charge is 2.53. The van der Waals surface area contributed by atoms with Gasteiger partial charge in [0.2, 0.25) is 0 Å². The number of benzene rings is 4. The van der Waals surface area contributed by atoms with Crippen LogP contribution in [0.4, 0.5) is 0 Å². The first-order valence-corrected chi connectivity index (χ1v) is 15.5. The van der Waals surface area contributed by atoms with E-state index in [9.17, 15) is 4.57 Å². The van der Waals surface area contributed by atoms with Crippen molar-refractivity contribution in [2.24, 2.45) is 0 Å². The summed E-state index contributed by atoms with van der Waals surface area (Å²) in [7, 11) is 0. The highest BCUT2D eigenvalue weighted by Crippen LogP contribution is 2.69. The topological polar surface area (TPSA) is 23.6 Å². The third kappa shape index (κ3) is 3.78. The lowest BCUT2D eigenvalue weighted by molar-refractivity contribution is 0.198. The number of hydrogen-bond acceptors (Lipinski definition) is 1. The first-order chi connectivity index (χ1) is 16.1. The van der Waals surface area contributed by atoms with Crippen LogP contribution in [0.5, 0.6) is 0 Å². The van der Waals surface area contributed by atoms with Gasteiger partial charge in [-0.05, 0) is 45.5 Å². The van der Waals surface area contributed by atoms with E-state index < -0.39 is 6.15 Å². The quantitative estimate of drug-likeness (QED) is 0.255. The average Bonchev–Trinajstić information content (AvgIpc) is 3.06. The molecule has 0 aromatic heterocycles. The minimum absolute atomic E-state index is 0.318. The van der Waals surface area contributed by atoms with Gasteiger partial charge in [-0.25, -0.2) is 9.34 Å². The van der Waals surface area contributed by atoms with Gasteiger partial charge in [-0.15, -0.1) is 0 Å². The van der Waals surface area contributed by atoms with Crippen molar-refractivity contribution in [3.8, 4) is 0 Å². The highest BCUT2D eigenvalue weighted by atomic mass is 79.9. The highest BCUT2D eigenvalue weighted by molar-refractivity contribution is 9.39. The molecule has 1 aliphatic heterocycles. The van der Waals surface area contributed by atoms with Gasteiger partial charge in [0.1, 0.15) is 0 Å². The van der Waals surface area contributed by atoms with Crippen LogP contribution in [-0.4, -0.2) is 21.4 Å². The van der Waals surface area contributed by atoms with Crippen molar-refractivity contribution in [3.63, 3.8) is 0 Å². The summed E-state index contributed by atoms with van der Waals surface area (Å²) in [6.07, 6.45) is 1.76. The first kappa shape index (κ1) is 21.6. The van der Waals surface area contributed by atoms with Crippen molar-refractivity contribution < 1.29 is 4.57 Å². The second kappa shape index (κ2) is 8.67. The molecule has 0 radical (unpaired) electrons. The van der Waals surface area contributed by atoms with E-state index in [1.807, 2.05) is 0 Å². The standard InChI is InChI=1S/C28H28BrN2OP/c29-33(32)30(19-23-13-7-11-21-9-1-3-15-25(21)23)27-17-5-6-18-28(27)31(33)20-24-14-8-12-22-10-2-4-16-26(22)24/h1-4,7-16,27-28H,5-6,17-20H2. The lowest BCUT2D eigenvalue weighted by Gasteiger charge is -2.31. The van der Waals surface area contributed by atoms with Crippen molar-refractivity contribution >= 4 is 43.2 Å². The number of hydrogen-bond donors (Lipinski definition) is 0. The Bertz CT molecular complexity index is 1260. The SMILES string of the molecule is O=P1(Br)N(Cc2cccc3ccccc23)C2CCCCC2N1Cc1cccc2ccccc12. The summed E-state index contributed by atoms with van der Waals surface area (Å²) < 4.78 is 19.1. The van der Waals surface area contributed by atoms with E-state index in [0.717, 1.165) is 12.8 Å². The zero-order valence-electron chi connectivity index (χ0n) is 18.6. The molecule has 2 aliphatic rings. The molecule has 0 spiro atoms. The van der Waals surface area contributed by atoms with Crippen LogP contribution in [0.2, 0.25) is 0 Å². The predicted molar refractivity (Wildman–Crippen MR) is 142 cm³/mol. The minimum Gasteiger partial charge on any atom is -0.276 e. The van der Waals surface area contributed by atoms with Crippen molar-refractivity contribution in [3.05, 3.63) is 96.1 Å². The third-order valence-corrected chi connectivity index (χ3v) is 12.1. The van der Waals surface area contributed by atoms with Crippen LogP contribution >= 0.6 is 21.6 Å². The molecule has 2 unspecified atom stereocenters. The fourth-order valence-corrected chi connectivity index (χ4v) is 10.2. The molecule has 1 aliphatic carbocycles. The van der Waals surface area contributed by atoms with Gasteiger partial charge in [0.05, 0.1) is 0 Å². The smallest absolute Gasteiger partial charge is 0.276 e. The molecule has 1 heterocycles. The Kier molecular flexibility index (Phi) is 5.66. The summed E-state index contributed by atoms with van der Waals surface area (Å²) in [5.74, 6) is 0. The van der Waals surface area contributed by atoms with Gasteiger partial charge in [0.15, 0.2) is 0 Å². The molecule has 1 saturated heterocycles. The Labute approximate surface area is 203 Å². The van der Waals surface area contributed by atoms with Crippen molar-refractivity contribution in [1.29, 1.82) is 0 Å². The lowest BCUT2D eigenvalue weighted by atomic mass is 9.89. The van der Waals surface area contributed by atoms with Crippen LogP contribution in [0.3, 0.4) is 0 Å². The molecule has 3 nitrogen and oxygen atoms in total. The van der Waals surface area contributed by atoms with Crippen molar-refractivity contribution in [2.75, 3.05) is 0 Å². The van der Waals surface area contributed by atoms with Crippen LogP contribution < -0.4 is 0 Å². The Morgan fingerprint density at radius 1 is 0.667 bits per heavy atom. The number of nitrogens with zero attached hydrogens (tertiary/aromatic N) is 2. The van der Waals surface area contributed by atoms with Crippen LogP contribution in [-0.2, 0) is 17.7 Å². The fraction of sp³-hybridized carbons (Fsp3) is 0.286. The molecule has 168 valence electrons. The Morgan fingerprint density at radius 2 is 1.09 bits per heavy atom. The molecular formula is C28H28BrN2OP. The van der Waals surface area contributed by atoms with Gasteiger partial charge < -0.3 is 0 Å².